The normalized spacial score (nSPS) is 11.1. The Labute approximate surface area is 132 Å². The van der Waals surface area contributed by atoms with Gasteiger partial charge in [-0.2, -0.15) is 0 Å². The molecule has 0 atom stereocenters. The Kier molecular flexibility index (Phi) is 3.60. The summed E-state index contributed by atoms with van der Waals surface area (Å²) in [5.74, 6) is -0.239. The van der Waals surface area contributed by atoms with Crippen molar-refractivity contribution in [1.82, 2.24) is 4.98 Å². The van der Waals surface area contributed by atoms with E-state index in [1.807, 2.05) is 25.1 Å². The molecule has 106 valence electrons. The Balaban J connectivity index is 2.38. The van der Waals surface area contributed by atoms with Crippen LogP contribution in [0.5, 0.6) is 0 Å². The van der Waals surface area contributed by atoms with Gasteiger partial charge < -0.3 is 0 Å². The van der Waals surface area contributed by atoms with Crippen LogP contribution in [0.3, 0.4) is 0 Å². The molecule has 0 aliphatic heterocycles. The van der Waals surface area contributed by atoms with Gasteiger partial charge in [-0.3, -0.25) is 0 Å². The number of nitrogens with zero attached hydrogens (tertiary/aromatic N) is 1. The molecule has 0 fully saturated rings. The molecule has 1 heterocycles. The third-order valence-corrected chi connectivity index (χ3v) is 4.08. The minimum atomic E-state index is -0.239. The quantitative estimate of drug-likeness (QED) is 0.504. The molecule has 4 heteroatoms. The van der Waals surface area contributed by atoms with Gasteiger partial charge >= 0.3 is 0 Å². The number of rotatable bonds is 1. The van der Waals surface area contributed by atoms with Crippen LogP contribution in [0.25, 0.3) is 21.9 Å². The fraction of sp³-hybridized carbons (Fsp3) is 0.118. The number of benzene rings is 2. The van der Waals surface area contributed by atoms with Crippen molar-refractivity contribution < 1.29 is 4.39 Å². The SMILES string of the molecule is Cc1ccc2c(-c3ccc(F)c(C)c3)c(Cl)nc(Cl)c2c1. The molecule has 0 bridgehead atoms. The van der Waals surface area contributed by atoms with Crippen LogP contribution in [0.4, 0.5) is 4.39 Å². The standard InChI is InChI=1S/C17H12Cl2FN/c1-9-3-5-12-13(7-9)16(18)21-17(19)15(12)11-4-6-14(20)10(2)8-11/h3-8H,1-2H3. The molecule has 3 rings (SSSR count). The van der Waals surface area contributed by atoms with Gasteiger partial charge in [0.2, 0.25) is 0 Å². The number of hydrogen-bond donors (Lipinski definition) is 0. The average molecular weight is 320 g/mol. The van der Waals surface area contributed by atoms with Gasteiger partial charge in [-0.1, -0.05) is 47.0 Å². The second-order valence-electron chi connectivity index (χ2n) is 5.08. The van der Waals surface area contributed by atoms with E-state index < -0.39 is 0 Å². The number of fused-ring (bicyclic) bond motifs is 1. The third kappa shape index (κ3) is 2.50. The Morgan fingerprint density at radius 1 is 0.905 bits per heavy atom. The second-order valence-corrected chi connectivity index (χ2v) is 5.80. The molecule has 2 aromatic carbocycles. The summed E-state index contributed by atoms with van der Waals surface area (Å²) in [6.45, 7) is 3.72. The first-order chi connectivity index (χ1) is 9.97. The summed E-state index contributed by atoms with van der Waals surface area (Å²) >= 11 is 12.5. The molecule has 0 saturated heterocycles. The Morgan fingerprint density at radius 3 is 2.38 bits per heavy atom. The van der Waals surface area contributed by atoms with Crippen LogP contribution in [-0.2, 0) is 0 Å². The number of hydrogen-bond acceptors (Lipinski definition) is 1. The molecule has 1 nitrogen and oxygen atoms in total. The maximum atomic E-state index is 13.5. The number of aromatic nitrogens is 1. The van der Waals surface area contributed by atoms with E-state index in [1.165, 1.54) is 6.07 Å². The molecular weight excluding hydrogens is 308 g/mol. The molecule has 0 radical (unpaired) electrons. The molecule has 0 amide bonds. The summed E-state index contributed by atoms with van der Waals surface area (Å²) in [5.41, 5.74) is 3.27. The topological polar surface area (TPSA) is 12.9 Å². The maximum Gasteiger partial charge on any atom is 0.139 e. The first-order valence-electron chi connectivity index (χ1n) is 6.49. The summed E-state index contributed by atoms with van der Waals surface area (Å²) in [6.07, 6.45) is 0. The highest BCUT2D eigenvalue weighted by Gasteiger charge is 2.14. The summed E-state index contributed by atoms with van der Waals surface area (Å²) in [6, 6.07) is 10.9. The van der Waals surface area contributed by atoms with Crippen molar-refractivity contribution in [3.8, 4) is 11.1 Å². The lowest BCUT2D eigenvalue weighted by Gasteiger charge is -2.11. The summed E-state index contributed by atoms with van der Waals surface area (Å²) in [5, 5.41) is 2.46. The highest BCUT2D eigenvalue weighted by atomic mass is 35.5. The largest absolute Gasteiger partial charge is 0.223 e. The van der Waals surface area contributed by atoms with E-state index >= 15 is 0 Å². The van der Waals surface area contributed by atoms with E-state index in [4.69, 9.17) is 23.2 Å². The minimum absolute atomic E-state index is 0.239. The van der Waals surface area contributed by atoms with Gasteiger partial charge in [-0.25, -0.2) is 9.37 Å². The van der Waals surface area contributed by atoms with Gasteiger partial charge in [0, 0.05) is 10.9 Å². The fourth-order valence-corrected chi connectivity index (χ4v) is 3.01. The molecule has 1 aromatic heterocycles. The van der Waals surface area contributed by atoms with Crippen molar-refractivity contribution in [2.45, 2.75) is 13.8 Å². The average Bonchev–Trinajstić information content (AvgIpc) is 2.43. The predicted octanol–water partition coefficient (Wildman–Crippen LogP) is 5.96. The zero-order valence-electron chi connectivity index (χ0n) is 11.5. The van der Waals surface area contributed by atoms with Crippen LogP contribution in [0.2, 0.25) is 10.3 Å². The van der Waals surface area contributed by atoms with E-state index in [0.717, 1.165) is 27.5 Å². The number of pyridine rings is 1. The first-order valence-corrected chi connectivity index (χ1v) is 7.25. The molecule has 21 heavy (non-hydrogen) atoms. The highest BCUT2D eigenvalue weighted by molar-refractivity contribution is 6.38. The van der Waals surface area contributed by atoms with E-state index in [0.29, 0.717) is 15.9 Å². The Hall–Kier alpha value is -1.64. The fourth-order valence-electron chi connectivity index (χ4n) is 2.44. The molecule has 3 aromatic rings. The molecule has 0 aliphatic carbocycles. The van der Waals surface area contributed by atoms with Gasteiger partial charge in [0.05, 0.1) is 0 Å². The van der Waals surface area contributed by atoms with Gasteiger partial charge in [0.25, 0.3) is 0 Å². The highest BCUT2D eigenvalue weighted by Crippen LogP contribution is 2.37. The molecule has 0 unspecified atom stereocenters. The molecule has 0 aliphatic rings. The summed E-state index contributed by atoms with van der Waals surface area (Å²) in [7, 11) is 0. The van der Waals surface area contributed by atoms with Crippen molar-refractivity contribution in [3.05, 3.63) is 63.6 Å². The van der Waals surface area contributed by atoms with Crippen LogP contribution in [0.1, 0.15) is 11.1 Å². The van der Waals surface area contributed by atoms with Gasteiger partial charge in [0.1, 0.15) is 16.1 Å². The lowest BCUT2D eigenvalue weighted by molar-refractivity contribution is 0.619. The van der Waals surface area contributed by atoms with Crippen molar-refractivity contribution in [1.29, 1.82) is 0 Å². The smallest absolute Gasteiger partial charge is 0.139 e. The zero-order valence-corrected chi connectivity index (χ0v) is 13.1. The van der Waals surface area contributed by atoms with Gasteiger partial charge in [-0.15, -0.1) is 0 Å². The van der Waals surface area contributed by atoms with Crippen LogP contribution >= 0.6 is 23.2 Å². The van der Waals surface area contributed by atoms with E-state index in [2.05, 4.69) is 4.98 Å². The van der Waals surface area contributed by atoms with Gasteiger partial charge in [-0.05, 0) is 48.6 Å². The van der Waals surface area contributed by atoms with Crippen LogP contribution in [0, 0.1) is 19.7 Å². The molecule has 0 spiro atoms. The van der Waals surface area contributed by atoms with Crippen molar-refractivity contribution in [2.24, 2.45) is 0 Å². The Bertz CT molecular complexity index is 859. The predicted molar refractivity (Wildman–Crippen MR) is 86.6 cm³/mol. The second kappa shape index (κ2) is 5.28. The van der Waals surface area contributed by atoms with Crippen LogP contribution < -0.4 is 0 Å². The number of halogens is 3. The van der Waals surface area contributed by atoms with Gasteiger partial charge in [0.15, 0.2) is 0 Å². The van der Waals surface area contributed by atoms with Crippen LogP contribution in [-0.4, -0.2) is 4.98 Å². The minimum Gasteiger partial charge on any atom is -0.223 e. The summed E-state index contributed by atoms with van der Waals surface area (Å²) in [4.78, 5) is 4.21. The molecule has 0 N–H and O–H groups in total. The van der Waals surface area contributed by atoms with Crippen molar-refractivity contribution in [3.63, 3.8) is 0 Å². The monoisotopic (exact) mass is 319 g/mol. The number of aryl methyl sites for hydroxylation is 2. The van der Waals surface area contributed by atoms with Crippen molar-refractivity contribution in [2.75, 3.05) is 0 Å². The van der Waals surface area contributed by atoms with E-state index in [-0.39, 0.29) is 5.82 Å². The lowest BCUT2D eigenvalue weighted by Crippen LogP contribution is -1.91. The summed E-state index contributed by atoms with van der Waals surface area (Å²) < 4.78 is 13.5. The van der Waals surface area contributed by atoms with E-state index in [1.54, 1.807) is 19.1 Å². The maximum absolute atomic E-state index is 13.5. The lowest BCUT2D eigenvalue weighted by atomic mass is 9.98. The van der Waals surface area contributed by atoms with E-state index in [9.17, 15) is 4.39 Å². The Morgan fingerprint density at radius 2 is 1.67 bits per heavy atom. The first kappa shape index (κ1) is 14.3. The zero-order chi connectivity index (χ0) is 15.1. The third-order valence-electron chi connectivity index (χ3n) is 3.52. The van der Waals surface area contributed by atoms with Crippen LogP contribution in [0.15, 0.2) is 36.4 Å². The molecule has 0 saturated carbocycles. The molecular formula is C17H12Cl2FN. The van der Waals surface area contributed by atoms with Crippen molar-refractivity contribution >= 4 is 34.0 Å².